The largest absolute Gasteiger partial charge is 0.370 e. The number of hydrogen-bond donors (Lipinski definition) is 2. The van der Waals surface area contributed by atoms with E-state index in [-0.39, 0.29) is 6.42 Å². The number of nitriles is 1. The molecule has 1 saturated carbocycles. The first-order valence-electron chi connectivity index (χ1n) is 4.13. The number of hydrogen-bond acceptors (Lipinski definition) is 3. The van der Waals surface area contributed by atoms with E-state index in [1.807, 2.05) is 6.07 Å². The van der Waals surface area contributed by atoms with Crippen molar-refractivity contribution in [3.8, 4) is 6.07 Å². The van der Waals surface area contributed by atoms with Gasteiger partial charge >= 0.3 is 0 Å². The van der Waals surface area contributed by atoms with E-state index in [2.05, 4.69) is 5.32 Å². The van der Waals surface area contributed by atoms with Crippen LogP contribution < -0.4 is 11.1 Å². The monoisotopic (exact) mass is 167 g/mol. The summed E-state index contributed by atoms with van der Waals surface area (Å²) in [5, 5.41) is 11.6. The predicted molar refractivity (Wildman–Crippen MR) is 43.9 cm³/mol. The molecule has 4 nitrogen and oxygen atoms in total. The lowest BCUT2D eigenvalue weighted by Crippen LogP contribution is -2.33. The van der Waals surface area contributed by atoms with E-state index < -0.39 is 11.9 Å². The van der Waals surface area contributed by atoms with Gasteiger partial charge in [0.15, 0.2) is 0 Å². The molecule has 4 heteroatoms. The molecule has 12 heavy (non-hydrogen) atoms. The second-order valence-electron chi connectivity index (χ2n) is 3.20. The molecule has 1 aliphatic carbocycles. The molecular formula is C8H13N3O. The topological polar surface area (TPSA) is 78.9 Å². The molecule has 0 saturated heterocycles. The Morgan fingerprint density at radius 1 is 1.75 bits per heavy atom. The smallest absolute Gasteiger partial charge is 0.220 e. The van der Waals surface area contributed by atoms with Gasteiger partial charge in [0.2, 0.25) is 5.91 Å². The lowest BCUT2D eigenvalue weighted by atomic mass is 10.2. The Bertz CT molecular complexity index is 205. The zero-order chi connectivity index (χ0) is 8.97. The summed E-state index contributed by atoms with van der Waals surface area (Å²) in [6, 6.07) is 1.60. The number of carbonyl (C=O) groups excluding carboxylic acids is 1. The first kappa shape index (κ1) is 9.01. The summed E-state index contributed by atoms with van der Waals surface area (Å²) >= 11 is 0. The van der Waals surface area contributed by atoms with Crippen molar-refractivity contribution in [2.45, 2.75) is 25.3 Å². The fraction of sp³-hybridized carbons (Fsp3) is 0.750. The predicted octanol–water partition coefficient (Wildman–Crippen LogP) is -0.246. The van der Waals surface area contributed by atoms with Crippen LogP contribution >= 0.6 is 0 Å². The lowest BCUT2D eigenvalue weighted by Gasteiger charge is -2.07. The zero-order valence-corrected chi connectivity index (χ0v) is 6.92. The molecule has 0 aromatic rings. The summed E-state index contributed by atoms with van der Waals surface area (Å²) in [5.74, 6) is 0.290. The Labute approximate surface area is 71.7 Å². The maximum absolute atomic E-state index is 10.5. The molecule has 0 radical (unpaired) electrons. The maximum Gasteiger partial charge on any atom is 0.220 e. The third kappa shape index (κ3) is 3.35. The quantitative estimate of drug-likeness (QED) is 0.592. The maximum atomic E-state index is 10.5. The summed E-state index contributed by atoms with van der Waals surface area (Å²) in [6.07, 6.45) is 2.59. The van der Waals surface area contributed by atoms with Gasteiger partial charge in [0.25, 0.3) is 0 Å². The summed E-state index contributed by atoms with van der Waals surface area (Å²) < 4.78 is 0. The van der Waals surface area contributed by atoms with Crippen LogP contribution in [0.25, 0.3) is 0 Å². The normalized spacial score (nSPS) is 18.2. The van der Waals surface area contributed by atoms with Gasteiger partial charge < -0.3 is 11.1 Å². The Balaban J connectivity index is 2.15. The van der Waals surface area contributed by atoms with Crippen LogP contribution in [0.1, 0.15) is 19.3 Å². The van der Waals surface area contributed by atoms with Gasteiger partial charge in [-0.05, 0) is 25.3 Å². The Morgan fingerprint density at radius 2 is 2.42 bits per heavy atom. The first-order chi connectivity index (χ1) is 5.72. The third-order valence-electron chi connectivity index (χ3n) is 1.91. The summed E-state index contributed by atoms with van der Waals surface area (Å²) in [7, 11) is 0. The molecule has 0 aromatic carbocycles. The van der Waals surface area contributed by atoms with Crippen LogP contribution in [-0.4, -0.2) is 18.5 Å². The molecule has 0 spiro atoms. The number of carbonyl (C=O) groups is 1. The standard InChI is InChI=1S/C8H13N3O/c9-4-7(3-8(10)12)11-5-6-1-2-6/h6-7,11H,1-3,5H2,(H2,10,12). The van der Waals surface area contributed by atoms with Gasteiger partial charge in [-0.15, -0.1) is 0 Å². The summed E-state index contributed by atoms with van der Waals surface area (Å²) in [4.78, 5) is 10.5. The highest BCUT2D eigenvalue weighted by molar-refractivity contribution is 5.74. The van der Waals surface area contributed by atoms with E-state index >= 15 is 0 Å². The number of amides is 1. The van der Waals surface area contributed by atoms with Gasteiger partial charge in [0.05, 0.1) is 12.5 Å². The Kier molecular flexibility index (Phi) is 3.06. The molecule has 0 heterocycles. The van der Waals surface area contributed by atoms with Crippen molar-refractivity contribution < 1.29 is 4.79 Å². The van der Waals surface area contributed by atoms with Crippen LogP contribution in [0.3, 0.4) is 0 Å². The average Bonchev–Trinajstić information content (AvgIpc) is 2.80. The SMILES string of the molecule is N#CC(CC(N)=O)NCC1CC1. The van der Waals surface area contributed by atoms with E-state index in [1.165, 1.54) is 12.8 Å². The average molecular weight is 167 g/mol. The number of rotatable bonds is 5. The van der Waals surface area contributed by atoms with E-state index in [4.69, 9.17) is 11.0 Å². The molecule has 1 aliphatic rings. The first-order valence-corrected chi connectivity index (χ1v) is 4.13. The van der Waals surface area contributed by atoms with E-state index in [0.29, 0.717) is 5.92 Å². The van der Waals surface area contributed by atoms with Gasteiger partial charge in [-0.25, -0.2) is 0 Å². The van der Waals surface area contributed by atoms with Gasteiger partial charge in [-0.1, -0.05) is 0 Å². The number of nitrogens with two attached hydrogens (primary N) is 1. The van der Waals surface area contributed by atoms with Gasteiger partial charge in [-0.3, -0.25) is 4.79 Å². The van der Waals surface area contributed by atoms with Crippen molar-refractivity contribution in [3.63, 3.8) is 0 Å². The third-order valence-corrected chi connectivity index (χ3v) is 1.91. The Morgan fingerprint density at radius 3 is 2.83 bits per heavy atom. The molecule has 3 N–H and O–H groups in total. The lowest BCUT2D eigenvalue weighted by molar-refractivity contribution is -0.118. The second-order valence-corrected chi connectivity index (χ2v) is 3.20. The highest BCUT2D eigenvalue weighted by Gasteiger charge is 2.22. The van der Waals surface area contributed by atoms with Crippen molar-refractivity contribution in [2.24, 2.45) is 11.7 Å². The molecule has 0 aliphatic heterocycles. The molecule has 1 fully saturated rings. The van der Waals surface area contributed by atoms with Crippen molar-refractivity contribution in [1.29, 1.82) is 5.26 Å². The molecule has 66 valence electrons. The van der Waals surface area contributed by atoms with Crippen molar-refractivity contribution in [3.05, 3.63) is 0 Å². The van der Waals surface area contributed by atoms with Crippen LogP contribution in [0.4, 0.5) is 0 Å². The molecule has 0 aromatic heterocycles. The van der Waals surface area contributed by atoms with Crippen LogP contribution in [-0.2, 0) is 4.79 Å². The molecular weight excluding hydrogens is 154 g/mol. The highest BCUT2D eigenvalue weighted by atomic mass is 16.1. The molecule has 1 atom stereocenters. The molecule has 1 rings (SSSR count). The molecule has 0 bridgehead atoms. The fourth-order valence-corrected chi connectivity index (χ4v) is 0.996. The fourth-order valence-electron chi connectivity index (χ4n) is 0.996. The highest BCUT2D eigenvalue weighted by Crippen LogP contribution is 2.27. The van der Waals surface area contributed by atoms with Gasteiger partial charge in [0.1, 0.15) is 6.04 Å². The van der Waals surface area contributed by atoms with Crippen molar-refractivity contribution >= 4 is 5.91 Å². The van der Waals surface area contributed by atoms with Gasteiger partial charge in [0, 0.05) is 0 Å². The second kappa shape index (κ2) is 4.07. The van der Waals surface area contributed by atoms with E-state index in [1.54, 1.807) is 0 Å². The van der Waals surface area contributed by atoms with E-state index in [9.17, 15) is 4.79 Å². The van der Waals surface area contributed by atoms with Crippen LogP contribution in [0.2, 0.25) is 0 Å². The van der Waals surface area contributed by atoms with Crippen molar-refractivity contribution in [1.82, 2.24) is 5.32 Å². The molecule has 1 amide bonds. The van der Waals surface area contributed by atoms with Crippen LogP contribution in [0.5, 0.6) is 0 Å². The summed E-state index contributed by atoms with van der Waals surface area (Å²) in [5.41, 5.74) is 4.96. The minimum absolute atomic E-state index is 0.114. The van der Waals surface area contributed by atoms with Crippen LogP contribution in [0.15, 0.2) is 0 Å². The Hall–Kier alpha value is -1.08. The summed E-state index contributed by atoms with van der Waals surface area (Å²) in [6.45, 7) is 0.839. The zero-order valence-electron chi connectivity index (χ0n) is 6.92. The van der Waals surface area contributed by atoms with E-state index in [0.717, 1.165) is 6.54 Å². The number of nitrogens with zero attached hydrogens (tertiary/aromatic N) is 1. The van der Waals surface area contributed by atoms with Crippen molar-refractivity contribution in [2.75, 3.05) is 6.54 Å². The minimum Gasteiger partial charge on any atom is -0.370 e. The minimum atomic E-state index is -0.426. The van der Waals surface area contributed by atoms with Crippen LogP contribution in [0, 0.1) is 17.2 Å². The molecule has 1 unspecified atom stereocenters. The van der Waals surface area contributed by atoms with Gasteiger partial charge in [-0.2, -0.15) is 5.26 Å². The number of primary amides is 1. The number of nitrogens with one attached hydrogen (secondary N) is 1.